The molecule has 12 nitrogen and oxygen atoms in total. The first-order valence-electron chi connectivity index (χ1n) is 21.6. The minimum Gasteiger partial charge on any atom is -0.459 e. The molecule has 6 atom stereocenters. The number of nitrogens with one attached hydrogen (secondary N) is 1. The standard InChI is InChI=1S/C48H60ClN3O9/c1-3-24-52(47(56)57-28-23-49)43-31-41(51-59-33-35-17-9-6-10-18-35)39-29-36(19-11-13-25-53)38(20-12-14-26-54)44-40-30-37(60-46(55)50-32-34-15-7-5-8-16-34)21-22-42(40)61-48(43,45(39)44)58-27-4-2/h4-10,15-18,21-22,29-30,36,38,43-45,53-54H,2-3,11-14,19-20,23-28,31-33H2,1H3,(H,50,55). The lowest BCUT2D eigenvalue weighted by molar-refractivity contribution is -0.255. The highest BCUT2D eigenvalue weighted by molar-refractivity contribution is 6.18. The highest BCUT2D eigenvalue weighted by atomic mass is 35.5. The third kappa shape index (κ3) is 11.1. The quantitative estimate of drug-likeness (QED) is 0.0390. The van der Waals surface area contributed by atoms with Crippen molar-refractivity contribution >= 4 is 29.5 Å². The molecular formula is C48H60ClN3O9. The van der Waals surface area contributed by atoms with Crippen molar-refractivity contribution in [1.82, 2.24) is 10.2 Å². The molecule has 13 heteroatoms. The van der Waals surface area contributed by atoms with Gasteiger partial charge in [-0.1, -0.05) is 97.7 Å². The molecule has 6 unspecified atom stereocenters. The zero-order valence-corrected chi connectivity index (χ0v) is 35.8. The topological polar surface area (TPSA) is 148 Å². The van der Waals surface area contributed by atoms with Crippen molar-refractivity contribution in [1.29, 1.82) is 0 Å². The fraction of sp³-hybridized carbons (Fsp3) is 0.479. The second kappa shape index (κ2) is 22.8. The summed E-state index contributed by atoms with van der Waals surface area (Å²) in [5.74, 6) is -1.24. The molecule has 0 bridgehead atoms. The van der Waals surface area contributed by atoms with Gasteiger partial charge in [0.2, 0.25) is 5.79 Å². The number of unbranched alkanes of at least 4 members (excludes halogenated alkanes) is 2. The van der Waals surface area contributed by atoms with Gasteiger partial charge in [-0.05, 0) is 78.8 Å². The van der Waals surface area contributed by atoms with Crippen molar-refractivity contribution in [3.8, 4) is 11.5 Å². The summed E-state index contributed by atoms with van der Waals surface area (Å²) in [5, 5.41) is 27.5. The number of carbonyl (C=O) groups excluding carboxylic acids is 2. The molecule has 328 valence electrons. The largest absolute Gasteiger partial charge is 0.459 e. The van der Waals surface area contributed by atoms with Crippen LogP contribution in [0, 0.1) is 17.8 Å². The van der Waals surface area contributed by atoms with E-state index in [1.807, 2.05) is 79.7 Å². The molecule has 0 radical (unpaired) electrons. The van der Waals surface area contributed by atoms with Gasteiger partial charge in [0, 0.05) is 44.2 Å². The number of halogens is 1. The summed E-state index contributed by atoms with van der Waals surface area (Å²) in [4.78, 5) is 35.2. The van der Waals surface area contributed by atoms with Crippen LogP contribution in [0.1, 0.15) is 80.9 Å². The summed E-state index contributed by atoms with van der Waals surface area (Å²) in [6.45, 7) is 7.16. The number of aliphatic hydroxyl groups excluding tert-OH is 2. The molecule has 2 aliphatic carbocycles. The molecule has 0 spiro atoms. The number of fused-ring (bicyclic) bond motifs is 2. The molecule has 61 heavy (non-hydrogen) atoms. The van der Waals surface area contributed by atoms with E-state index < -0.39 is 29.9 Å². The summed E-state index contributed by atoms with van der Waals surface area (Å²) in [5.41, 5.74) is 4.29. The van der Waals surface area contributed by atoms with Gasteiger partial charge >= 0.3 is 12.2 Å². The molecule has 1 fully saturated rings. The highest BCUT2D eigenvalue weighted by Crippen LogP contribution is 2.62. The van der Waals surface area contributed by atoms with Gasteiger partial charge in [-0.15, -0.1) is 18.2 Å². The minimum absolute atomic E-state index is 0.0106. The van der Waals surface area contributed by atoms with E-state index in [-0.39, 0.29) is 63.1 Å². The Bertz CT molecular complexity index is 1950. The molecule has 6 rings (SSSR count). The molecular weight excluding hydrogens is 798 g/mol. The fourth-order valence-corrected chi connectivity index (χ4v) is 9.29. The first-order chi connectivity index (χ1) is 29.9. The number of carbonyl (C=O) groups is 2. The maximum absolute atomic E-state index is 14.1. The van der Waals surface area contributed by atoms with Gasteiger partial charge in [0.25, 0.3) is 0 Å². The number of aliphatic hydroxyl groups is 2. The SMILES string of the molecule is C=CCOC12Oc3ccc(OC(=O)NCc4ccccc4)cc3C3C(CCCCO)C(CCCCO)C=C(C(=NOCc4ccccc4)CC1N(CCC)C(=O)OCCCl)C32. The highest BCUT2D eigenvalue weighted by Gasteiger charge is 2.65. The lowest BCUT2D eigenvalue weighted by Gasteiger charge is -2.59. The number of amides is 2. The average molecular weight is 858 g/mol. The van der Waals surface area contributed by atoms with Gasteiger partial charge in [0.1, 0.15) is 30.8 Å². The predicted octanol–water partition coefficient (Wildman–Crippen LogP) is 8.90. The molecule has 3 aliphatic rings. The zero-order chi connectivity index (χ0) is 43.0. The van der Waals surface area contributed by atoms with Crippen LogP contribution in [0.3, 0.4) is 0 Å². The second-order valence-corrected chi connectivity index (χ2v) is 16.1. The molecule has 3 N–H and O–H groups in total. The van der Waals surface area contributed by atoms with Gasteiger partial charge in [0.05, 0.1) is 24.1 Å². The van der Waals surface area contributed by atoms with E-state index in [1.165, 1.54) is 0 Å². The summed E-state index contributed by atoms with van der Waals surface area (Å²) in [6, 6.07) is 24.1. The van der Waals surface area contributed by atoms with Gasteiger partial charge in [0.15, 0.2) is 0 Å². The Morgan fingerprint density at radius 1 is 1.00 bits per heavy atom. The number of rotatable bonds is 22. The van der Waals surface area contributed by atoms with Gasteiger partial charge in [-0.3, -0.25) is 4.90 Å². The Balaban J connectivity index is 1.52. The van der Waals surface area contributed by atoms with Crippen LogP contribution < -0.4 is 14.8 Å². The third-order valence-corrected chi connectivity index (χ3v) is 11.9. The van der Waals surface area contributed by atoms with Gasteiger partial charge in [-0.2, -0.15) is 0 Å². The Morgan fingerprint density at radius 3 is 2.41 bits per heavy atom. The first-order valence-corrected chi connectivity index (χ1v) is 22.1. The van der Waals surface area contributed by atoms with Crippen LogP contribution >= 0.6 is 11.6 Å². The van der Waals surface area contributed by atoms with Crippen molar-refractivity contribution in [3.05, 3.63) is 120 Å². The van der Waals surface area contributed by atoms with Crippen LogP contribution in [-0.4, -0.2) is 83.7 Å². The van der Waals surface area contributed by atoms with Gasteiger partial charge < -0.3 is 39.3 Å². The van der Waals surface area contributed by atoms with E-state index in [1.54, 1.807) is 17.0 Å². The molecule has 3 aromatic rings. The summed E-state index contributed by atoms with van der Waals surface area (Å²) >= 11 is 6.02. The predicted molar refractivity (Wildman–Crippen MR) is 235 cm³/mol. The van der Waals surface area contributed by atoms with E-state index in [0.29, 0.717) is 49.6 Å². The lowest BCUT2D eigenvalue weighted by Crippen LogP contribution is -2.70. The maximum Gasteiger partial charge on any atom is 0.412 e. The molecule has 3 aromatic carbocycles. The Morgan fingerprint density at radius 2 is 1.72 bits per heavy atom. The number of oxime groups is 1. The van der Waals surface area contributed by atoms with E-state index >= 15 is 0 Å². The van der Waals surface area contributed by atoms with Crippen molar-refractivity contribution in [2.24, 2.45) is 22.9 Å². The smallest absolute Gasteiger partial charge is 0.412 e. The number of ether oxygens (including phenoxy) is 4. The van der Waals surface area contributed by atoms with E-state index in [0.717, 1.165) is 47.9 Å². The number of alkyl halides is 1. The zero-order valence-electron chi connectivity index (χ0n) is 35.1. The monoisotopic (exact) mass is 857 g/mol. The molecule has 0 saturated heterocycles. The van der Waals surface area contributed by atoms with E-state index in [9.17, 15) is 19.8 Å². The normalized spacial score (nSPS) is 23.1. The molecule has 1 heterocycles. The Hall–Kier alpha value is -4.88. The van der Waals surface area contributed by atoms with Crippen LogP contribution in [0.25, 0.3) is 0 Å². The summed E-state index contributed by atoms with van der Waals surface area (Å²) in [7, 11) is 0. The number of nitrogens with zero attached hydrogens (tertiary/aromatic N) is 2. The van der Waals surface area contributed by atoms with Crippen LogP contribution in [-0.2, 0) is 27.5 Å². The minimum atomic E-state index is -1.45. The lowest BCUT2D eigenvalue weighted by atomic mass is 9.55. The third-order valence-electron chi connectivity index (χ3n) is 11.8. The molecule has 2 amide bonds. The van der Waals surface area contributed by atoms with E-state index in [4.69, 9.17) is 40.5 Å². The van der Waals surface area contributed by atoms with Crippen LogP contribution in [0.15, 0.2) is 108 Å². The van der Waals surface area contributed by atoms with Crippen molar-refractivity contribution in [3.63, 3.8) is 0 Å². The Labute approximate surface area is 364 Å². The number of allylic oxidation sites excluding steroid dienone is 1. The Kier molecular flexibility index (Phi) is 17.1. The van der Waals surface area contributed by atoms with Crippen LogP contribution in [0.5, 0.6) is 11.5 Å². The number of benzene rings is 3. The number of hydrogen-bond acceptors (Lipinski definition) is 10. The van der Waals surface area contributed by atoms with Crippen molar-refractivity contribution in [2.45, 2.75) is 89.2 Å². The van der Waals surface area contributed by atoms with Crippen LogP contribution in [0.2, 0.25) is 0 Å². The molecule has 0 aromatic heterocycles. The number of hydrogen-bond donors (Lipinski definition) is 3. The maximum atomic E-state index is 14.1. The molecule has 1 aliphatic heterocycles. The van der Waals surface area contributed by atoms with Gasteiger partial charge in [-0.25, -0.2) is 9.59 Å². The van der Waals surface area contributed by atoms with Crippen molar-refractivity contribution < 1.29 is 43.6 Å². The first kappa shape index (κ1) is 45.6. The van der Waals surface area contributed by atoms with Crippen molar-refractivity contribution in [2.75, 3.05) is 38.9 Å². The second-order valence-electron chi connectivity index (χ2n) is 15.8. The summed E-state index contributed by atoms with van der Waals surface area (Å²) < 4.78 is 25.9. The van der Waals surface area contributed by atoms with E-state index in [2.05, 4.69) is 18.0 Å². The summed E-state index contributed by atoms with van der Waals surface area (Å²) in [6.07, 6.45) is 8.06. The fourth-order valence-electron chi connectivity index (χ4n) is 9.21. The average Bonchev–Trinajstić information content (AvgIpc) is 3.28. The molecule has 1 saturated carbocycles. The van der Waals surface area contributed by atoms with Crippen LogP contribution in [0.4, 0.5) is 9.59 Å².